The summed E-state index contributed by atoms with van der Waals surface area (Å²) in [6.45, 7) is 1.93. The zero-order valence-corrected chi connectivity index (χ0v) is 12.6. The first kappa shape index (κ1) is 14.9. The molecule has 0 unspecified atom stereocenters. The lowest BCUT2D eigenvalue weighted by Crippen LogP contribution is -2.05. The molecule has 0 radical (unpaired) electrons. The van der Waals surface area contributed by atoms with Crippen LogP contribution in [0.15, 0.2) is 52.3 Å². The number of carbonyl (C=O) groups excluding carboxylic acids is 1. The van der Waals surface area contributed by atoms with Crippen LogP contribution in [0.25, 0.3) is 0 Å². The molecule has 0 atom stereocenters. The highest BCUT2D eigenvalue weighted by atomic mass is 35.5. The number of halogens is 1. The average molecular weight is 307 g/mol. The summed E-state index contributed by atoms with van der Waals surface area (Å²) in [5.74, 6) is -0.0745. The van der Waals surface area contributed by atoms with Crippen molar-refractivity contribution >= 4 is 35.0 Å². The predicted molar refractivity (Wildman–Crippen MR) is 84.2 cm³/mol. The molecule has 0 aliphatic carbocycles. The molecule has 20 heavy (non-hydrogen) atoms. The Morgan fingerprint density at radius 1 is 1.20 bits per heavy atom. The van der Waals surface area contributed by atoms with Crippen LogP contribution in [0.3, 0.4) is 0 Å². The minimum atomic E-state index is -0.0745. The molecule has 3 nitrogen and oxygen atoms in total. The van der Waals surface area contributed by atoms with Gasteiger partial charge in [-0.3, -0.25) is 4.79 Å². The van der Waals surface area contributed by atoms with Crippen LogP contribution in [0.2, 0.25) is 5.02 Å². The first-order valence-corrected chi connectivity index (χ1v) is 7.32. The van der Waals surface area contributed by atoms with Crippen molar-refractivity contribution in [3.05, 3.63) is 53.1 Å². The first-order chi connectivity index (χ1) is 9.58. The molecule has 0 saturated carbocycles. The van der Waals surface area contributed by atoms with Gasteiger partial charge in [0.2, 0.25) is 5.91 Å². The SMILES string of the molecule is CC(=O)Nc1ccc(Sc2ccc(CN)c(Cl)c2)cc1. The minimum Gasteiger partial charge on any atom is -0.326 e. The van der Waals surface area contributed by atoms with Gasteiger partial charge in [-0.1, -0.05) is 29.4 Å². The monoisotopic (exact) mass is 306 g/mol. The molecule has 104 valence electrons. The van der Waals surface area contributed by atoms with Crippen LogP contribution in [0, 0.1) is 0 Å². The van der Waals surface area contributed by atoms with Crippen LogP contribution in [-0.2, 0) is 11.3 Å². The van der Waals surface area contributed by atoms with Crippen LogP contribution in [-0.4, -0.2) is 5.91 Å². The van der Waals surface area contributed by atoms with Crippen molar-refractivity contribution in [2.75, 3.05) is 5.32 Å². The Morgan fingerprint density at radius 3 is 2.40 bits per heavy atom. The molecule has 0 aromatic heterocycles. The molecule has 0 heterocycles. The maximum atomic E-state index is 10.9. The van der Waals surface area contributed by atoms with Crippen molar-refractivity contribution in [2.24, 2.45) is 5.73 Å². The van der Waals surface area contributed by atoms with E-state index in [9.17, 15) is 4.79 Å². The standard InChI is InChI=1S/C15H15ClN2OS/c1-10(19)18-12-3-6-13(7-4-12)20-14-5-2-11(9-17)15(16)8-14/h2-8H,9,17H2,1H3,(H,18,19). The van der Waals surface area contributed by atoms with Gasteiger partial charge in [0.1, 0.15) is 0 Å². The second kappa shape index (κ2) is 6.79. The average Bonchev–Trinajstić information content (AvgIpc) is 2.41. The molecular formula is C15H15ClN2OS. The van der Waals surface area contributed by atoms with Crippen LogP contribution in [0.1, 0.15) is 12.5 Å². The second-order valence-corrected chi connectivity index (χ2v) is 5.82. The van der Waals surface area contributed by atoms with Crippen molar-refractivity contribution in [1.82, 2.24) is 0 Å². The molecule has 0 aliphatic heterocycles. The topological polar surface area (TPSA) is 55.1 Å². The largest absolute Gasteiger partial charge is 0.326 e. The Kier molecular flexibility index (Phi) is 5.06. The van der Waals surface area contributed by atoms with E-state index in [-0.39, 0.29) is 5.91 Å². The highest BCUT2D eigenvalue weighted by Gasteiger charge is 2.03. The number of amides is 1. The lowest BCUT2D eigenvalue weighted by Gasteiger charge is -2.07. The molecule has 3 N–H and O–H groups in total. The smallest absolute Gasteiger partial charge is 0.221 e. The third-order valence-electron chi connectivity index (χ3n) is 2.65. The zero-order valence-electron chi connectivity index (χ0n) is 11.0. The predicted octanol–water partition coefficient (Wildman–Crippen LogP) is 3.91. The van der Waals surface area contributed by atoms with E-state index in [1.807, 2.05) is 42.5 Å². The molecule has 2 rings (SSSR count). The Bertz CT molecular complexity index is 614. The lowest BCUT2D eigenvalue weighted by atomic mass is 10.2. The maximum absolute atomic E-state index is 10.9. The fraction of sp³-hybridized carbons (Fsp3) is 0.133. The van der Waals surface area contributed by atoms with Gasteiger partial charge in [-0.2, -0.15) is 0 Å². The molecule has 0 spiro atoms. The second-order valence-electron chi connectivity index (χ2n) is 4.26. The van der Waals surface area contributed by atoms with Gasteiger partial charge >= 0.3 is 0 Å². The summed E-state index contributed by atoms with van der Waals surface area (Å²) < 4.78 is 0. The molecule has 1 amide bonds. The van der Waals surface area contributed by atoms with E-state index in [2.05, 4.69) is 5.32 Å². The number of nitrogens with one attached hydrogen (secondary N) is 1. The van der Waals surface area contributed by atoms with Crippen LogP contribution >= 0.6 is 23.4 Å². The van der Waals surface area contributed by atoms with Crippen molar-refractivity contribution in [3.63, 3.8) is 0 Å². The van der Waals surface area contributed by atoms with E-state index < -0.39 is 0 Å². The Morgan fingerprint density at radius 2 is 1.85 bits per heavy atom. The van der Waals surface area contributed by atoms with E-state index in [0.29, 0.717) is 11.6 Å². The van der Waals surface area contributed by atoms with E-state index in [4.69, 9.17) is 17.3 Å². The van der Waals surface area contributed by atoms with Crippen molar-refractivity contribution in [3.8, 4) is 0 Å². The summed E-state index contributed by atoms with van der Waals surface area (Å²) in [5, 5.41) is 3.42. The highest BCUT2D eigenvalue weighted by molar-refractivity contribution is 7.99. The molecule has 0 bridgehead atoms. The van der Waals surface area contributed by atoms with Crippen LogP contribution in [0.5, 0.6) is 0 Å². The van der Waals surface area contributed by atoms with Crippen molar-refractivity contribution in [1.29, 1.82) is 0 Å². The van der Waals surface area contributed by atoms with Gasteiger partial charge in [0.05, 0.1) is 0 Å². The molecule has 0 saturated heterocycles. The Hall–Kier alpha value is -1.49. The summed E-state index contributed by atoms with van der Waals surface area (Å²) in [5.41, 5.74) is 7.32. The molecule has 0 aliphatic rings. The fourth-order valence-corrected chi connectivity index (χ4v) is 2.88. The number of hydrogen-bond donors (Lipinski definition) is 2. The number of nitrogens with two attached hydrogens (primary N) is 1. The third-order valence-corrected chi connectivity index (χ3v) is 4.00. The number of carbonyl (C=O) groups is 1. The minimum absolute atomic E-state index is 0.0745. The van der Waals surface area contributed by atoms with Gasteiger partial charge in [-0.05, 0) is 42.0 Å². The van der Waals surface area contributed by atoms with E-state index in [1.54, 1.807) is 11.8 Å². The number of hydrogen-bond acceptors (Lipinski definition) is 3. The quantitative estimate of drug-likeness (QED) is 0.900. The van der Waals surface area contributed by atoms with Gasteiger partial charge in [0.15, 0.2) is 0 Å². The first-order valence-electron chi connectivity index (χ1n) is 6.12. The van der Waals surface area contributed by atoms with Gasteiger partial charge in [0, 0.05) is 34.0 Å². The summed E-state index contributed by atoms with van der Waals surface area (Å²) in [7, 11) is 0. The van der Waals surface area contributed by atoms with Crippen molar-refractivity contribution in [2.45, 2.75) is 23.3 Å². The van der Waals surface area contributed by atoms with E-state index in [1.165, 1.54) is 6.92 Å². The summed E-state index contributed by atoms with van der Waals surface area (Å²) >= 11 is 7.75. The summed E-state index contributed by atoms with van der Waals surface area (Å²) in [6, 6.07) is 13.5. The summed E-state index contributed by atoms with van der Waals surface area (Å²) in [6.07, 6.45) is 0. The Labute approximate surface area is 127 Å². The van der Waals surface area contributed by atoms with Gasteiger partial charge < -0.3 is 11.1 Å². The van der Waals surface area contributed by atoms with Crippen molar-refractivity contribution < 1.29 is 4.79 Å². The lowest BCUT2D eigenvalue weighted by molar-refractivity contribution is -0.114. The van der Waals surface area contributed by atoms with Gasteiger partial charge in [-0.25, -0.2) is 0 Å². The molecular weight excluding hydrogens is 292 g/mol. The summed E-state index contributed by atoms with van der Waals surface area (Å²) in [4.78, 5) is 13.1. The molecule has 2 aromatic carbocycles. The molecule has 0 fully saturated rings. The van der Waals surface area contributed by atoms with Crippen LogP contribution < -0.4 is 11.1 Å². The Balaban J connectivity index is 2.10. The highest BCUT2D eigenvalue weighted by Crippen LogP contribution is 2.31. The molecule has 2 aromatic rings. The number of anilines is 1. The van der Waals surface area contributed by atoms with Crippen LogP contribution in [0.4, 0.5) is 5.69 Å². The fourth-order valence-electron chi connectivity index (χ4n) is 1.70. The number of benzene rings is 2. The van der Waals surface area contributed by atoms with Gasteiger partial charge in [-0.15, -0.1) is 0 Å². The third kappa shape index (κ3) is 4.00. The number of rotatable bonds is 4. The normalized spacial score (nSPS) is 10.3. The zero-order chi connectivity index (χ0) is 14.5. The van der Waals surface area contributed by atoms with E-state index >= 15 is 0 Å². The molecule has 5 heteroatoms. The van der Waals surface area contributed by atoms with E-state index in [0.717, 1.165) is 21.0 Å². The van der Waals surface area contributed by atoms with Gasteiger partial charge in [0.25, 0.3) is 0 Å². The maximum Gasteiger partial charge on any atom is 0.221 e.